The number of alkyl halides is 1. The Bertz CT molecular complexity index is 1060. The number of rotatable bonds is 10. The summed E-state index contributed by atoms with van der Waals surface area (Å²) < 4.78 is 33.1. The van der Waals surface area contributed by atoms with Crippen LogP contribution in [0.15, 0.2) is 72.3 Å². The van der Waals surface area contributed by atoms with Gasteiger partial charge < -0.3 is 9.64 Å². The van der Waals surface area contributed by atoms with E-state index < -0.39 is 6.17 Å². The molecule has 0 saturated carbocycles. The summed E-state index contributed by atoms with van der Waals surface area (Å²) in [6.45, 7) is 6.85. The van der Waals surface area contributed by atoms with Crippen LogP contribution in [0.3, 0.4) is 0 Å². The van der Waals surface area contributed by atoms with Crippen LogP contribution in [0.2, 0.25) is 0 Å². The van der Waals surface area contributed by atoms with Gasteiger partial charge in [-0.25, -0.2) is 8.78 Å². The van der Waals surface area contributed by atoms with E-state index in [1.807, 2.05) is 43.3 Å². The van der Waals surface area contributed by atoms with E-state index in [2.05, 4.69) is 13.8 Å². The molecule has 2 aromatic rings. The number of benzene rings is 2. The number of halogens is 2. The van der Waals surface area contributed by atoms with Crippen LogP contribution in [0.5, 0.6) is 5.75 Å². The maximum absolute atomic E-state index is 13.8. The predicted molar refractivity (Wildman–Crippen MR) is 137 cm³/mol. The van der Waals surface area contributed by atoms with Gasteiger partial charge in [0.2, 0.25) is 5.91 Å². The summed E-state index contributed by atoms with van der Waals surface area (Å²) in [4.78, 5) is 15.1. The molecular formula is C30H35F2NO2. The molecule has 5 heteroatoms. The second-order valence-electron chi connectivity index (χ2n) is 9.81. The predicted octanol–water partition coefficient (Wildman–Crippen LogP) is 7.60. The van der Waals surface area contributed by atoms with Gasteiger partial charge in [0.05, 0.1) is 18.6 Å². The fraction of sp³-hybridized carbons (Fsp3) is 0.433. The zero-order valence-corrected chi connectivity index (χ0v) is 20.8. The van der Waals surface area contributed by atoms with E-state index in [4.69, 9.17) is 4.74 Å². The van der Waals surface area contributed by atoms with Gasteiger partial charge >= 0.3 is 0 Å². The number of allylic oxidation sites excluding steroid dienone is 4. The van der Waals surface area contributed by atoms with E-state index in [1.54, 1.807) is 23.1 Å². The highest BCUT2D eigenvalue weighted by Crippen LogP contribution is 2.46. The van der Waals surface area contributed by atoms with Crippen LogP contribution >= 0.6 is 0 Å². The molecule has 0 N–H and O–H groups in total. The van der Waals surface area contributed by atoms with Crippen molar-refractivity contribution in [2.75, 3.05) is 11.5 Å². The maximum atomic E-state index is 13.8. The van der Waals surface area contributed by atoms with Gasteiger partial charge in [-0.2, -0.15) is 0 Å². The largest absolute Gasteiger partial charge is 0.494 e. The van der Waals surface area contributed by atoms with Crippen LogP contribution in [0.4, 0.5) is 14.5 Å². The quantitative estimate of drug-likeness (QED) is 0.259. The van der Waals surface area contributed by atoms with E-state index in [1.165, 1.54) is 12.1 Å². The Morgan fingerprint density at radius 2 is 1.80 bits per heavy atom. The molecule has 3 unspecified atom stereocenters. The summed E-state index contributed by atoms with van der Waals surface area (Å²) in [6, 6.07) is 14.0. The lowest BCUT2D eigenvalue weighted by molar-refractivity contribution is -0.130. The van der Waals surface area contributed by atoms with Crippen molar-refractivity contribution in [3.63, 3.8) is 0 Å². The number of ether oxygens (including phenoxy) is 1. The van der Waals surface area contributed by atoms with Crippen molar-refractivity contribution in [3.05, 3.63) is 83.7 Å². The molecule has 1 amide bonds. The molecule has 1 saturated heterocycles. The zero-order chi connectivity index (χ0) is 24.9. The Balaban J connectivity index is 1.50. The van der Waals surface area contributed by atoms with Crippen molar-refractivity contribution in [2.24, 2.45) is 17.8 Å². The molecule has 5 atom stereocenters. The third kappa shape index (κ3) is 5.66. The molecule has 0 spiro atoms. The van der Waals surface area contributed by atoms with E-state index in [0.29, 0.717) is 12.3 Å². The summed E-state index contributed by atoms with van der Waals surface area (Å²) in [5.41, 5.74) is 2.88. The van der Waals surface area contributed by atoms with Crippen molar-refractivity contribution in [3.8, 4) is 5.75 Å². The van der Waals surface area contributed by atoms with Crippen molar-refractivity contribution >= 4 is 11.6 Å². The molecule has 1 aliphatic heterocycles. The van der Waals surface area contributed by atoms with Crippen LogP contribution in [-0.2, 0) is 4.79 Å². The minimum Gasteiger partial charge on any atom is -0.494 e. The number of β-lactam (4-membered cyclic amide) rings is 1. The van der Waals surface area contributed by atoms with Crippen LogP contribution in [0, 0.1) is 23.6 Å². The van der Waals surface area contributed by atoms with Crippen LogP contribution in [-0.4, -0.2) is 18.7 Å². The Labute approximate surface area is 207 Å². The van der Waals surface area contributed by atoms with Crippen molar-refractivity contribution in [1.82, 2.24) is 0 Å². The van der Waals surface area contributed by atoms with E-state index in [0.717, 1.165) is 42.6 Å². The number of carbonyl (C=O) groups is 1. The normalized spacial score (nSPS) is 24.7. The minimum atomic E-state index is -0.929. The van der Waals surface area contributed by atoms with E-state index in [9.17, 15) is 13.6 Å². The first-order valence-electron chi connectivity index (χ1n) is 12.7. The van der Waals surface area contributed by atoms with E-state index >= 15 is 0 Å². The Morgan fingerprint density at radius 1 is 1.09 bits per heavy atom. The van der Waals surface area contributed by atoms with Crippen molar-refractivity contribution in [1.29, 1.82) is 0 Å². The highest BCUT2D eigenvalue weighted by Gasteiger charge is 2.48. The number of nitrogens with zero attached hydrogens (tertiary/aromatic N) is 1. The van der Waals surface area contributed by atoms with Gasteiger partial charge in [0, 0.05) is 11.6 Å². The smallest absolute Gasteiger partial charge is 0.233 e. The van der Waals surface area contributed by atoms with Gasteiger partial charge in [0.15, 0.2) is 0 Å². The second kappa shape index (κ2) is 11.2. The Morgan fingerprint density at radius 3 is 2.46 bits per heavy atom. The molecule has 0 bridgehead atoms. The molecule has 3 nitrogen and oxygen atoms in total. The standard InChI is InChI=1S/C30H35F2NO2/c1-4-5-18-35-26-14-7-22(8-15-26)29-27(30(34)33(29)25-12-10-24(31)11-13-25)16-6-20(2)23-9-17-28(32)21(3)19-23/h7-15,17,19-21,27-29H,4-6,16,18H2,1-3H3/t20?,21?,27-,28?,29-/m1/s1. The summed E-state index contributed by atoms with van der Waals surface area (Å²) in [5, 5.41) is 0. The summed E-state index contributed by atoms with van der Waals surface area (Å²) in [7, 11) is 0. The molecule has 0 radical (unpaired) electrons. The molecule has 186 valence electrons. The highest BCUT2D eigenvalue weighted by atomic mass is 19.1. The van der Waals surface area contributed by atoms with Gasteiger partial charge in [-0.05, 0) is 78.8 Å². The van der Waals surface area contributed by atoms with Gasteiger partial charge in [0.25, 0.3) is 0 Å². The fourth-order valence-electron chi connectivity index (χ4n) is 4.95. The first-order chi connectivity index (χ1) is 16.9. The molecule has 1 aliphatic carbocycles. The summed E-state index contributed by atoms with van der Waals surface area (Å²) >= 11 is 0. The molecule has 1 fully saturated rings. The number of hydrogen-bond acceptors (Lipinski definition) is 2. The average molecular weight is 480 g/mol. The second-order valence-corrected chi connectivity index (χ2v) is 9.81. The molecule has 2 aromatic carbocycles. The number of anilines is 1. The zero-order valence-electron chi connectivity index (χ0n) is 20.8. The molecule has 0 aromatic heterocycles. The molecule has 1 heterocycles. The van der Waals surface area contributed by atoms with Gasteiger partial charge in [-0.3, -0.25) is 4.79 Å². The monoisotopic (exact) mass is 479 g/mol. The van der Waals surface area contributed by atoms with Crippen LogP contribution in [0.25, 0.3) is 0 Å². The number of carbonyl (C=O) groups excluding carboxylic acids is 1. The summed E-state index contributed by atoms with van der Waals surface area (Å²) in [5.74, 6) is 0.515. The molecule has 4 rings (SSSR count). The fourth-order valence-corrected chi connectivity index (χ4v) is 4.95. The van der Waals surface area contributed by atoms with Crippen molar-refractivity contribution in [2.45, 2.75) is 58.7 Å². The third-order valence-corrected chi connectivity index (χ3v) is 7.22. The topological polar surface area (TPSA) is 29.5 Å². The van der Waals surface area contributed by atoms with Gasteiger partial charge in [-0.15, -0.1) is 0 Å². The number of hydrogen-bond donors (Lipinski definition) is 0. The number of amides is 1. The highest BCUT2D eigenvalue weighted by molar-refractivity contribution is 6.03. The van der Waals surface area contributed by atoms with Crippen LogP contribution in [0.1, 0.15) is 58.1 Å². The first-order valence-corrected chi connectivity index (χ1v) is 12.7. The third-order valence-electron chi connectivity index (χ3n) is 7.22. The van der Waals surface area contributed by atoms with Crippen LogP contribution < -0.4 is 9.64 Å². The SMILES string of the molecule is CCCCOc1ccc([C@@H]2[C@@H](CCC(C)C3=CC(C)C(F)C=C3)C(=O)N2c2ccc(F)cc2)cc1. The molecule has 2 aliphatic rings. The van der Waals surface area contributed by atoms with E-state index in [-0.39, 0.29) is 35.5 Å². The maximum Gasteiger partial charge on any atom is 0.233 e. The van der Waals surface area contributed by atoms with Gasteiger partial charge in [0.1, 0.15) is 17.7 Å². The lowest BCUT2D eigenvalue weighted by atomic mass is 9.76. The number of unbranched alkanes of at least 4 members (excludes halogenated alkanes) is 1. The summed E-state index contributed by atoms with van der Waals surface area (Å²) in [6.07, 6.45) is 8.26. The Hall–Kier alpha value is -2.95. The van der Waals surface area contributed by atoms with Gasteiger partial charge in [-0.1, -0.05) is 51.5 Å². The molecule has 35 heavy (non-hydrogen) atoms. The minimum absolute atomic E-state index is 0.0578. The average Bonchev–Trinajstić information content (AvgIpc) is 2.86. The van der Waals surface area contributed by atoms with Crippen molar-refractivity contribution < 1.29 is 18.3 Å². The lowest BCUT2D eigenvalue weighted by Gasteiger charge is -2.48. The lowest BCUT2D eigenvalue weighted by Crippen LogP contribution is -2.55. The molecular weight excluding hydrogens is 444 g/mol. The first kappa shape index (κ1) is 25.2. The Kier molecular flexibility index (Phi) is 8.04.